The van der Waals surface area contributed by atoms with E-state index in [9.17, 15) is 9.59 Å². The molecule has 0 bridgehead atoms. The van der Waals surface area contributed by atoms with Crippen LogP contribution in [0.4, 0.5) is 4.79 Å². The van der Waals surface area contributed by atoms with Gasteiger partial charge in [-0.2, -0.15) is 0 Å². The van der Waals surface area contributed by atoms with E-state index in [1.54, 1.807) is 0 Å². The molecule has 0 radical (unpaired) electrons. The first-order valence-electron chi connectivity index (χ1n) is 7.78. The molecule has 0 saturated carbocycles. The number of piperidine rings is 1. The lowest BCUT2D eigenvalue weighted by molar-refractivity contribution is -0.125. The quantitative estimate of drug-likeness (QED) is 0.712. The van der Waals surface area contributed by atoms with Crippen LogP contribution in [-0.2, 0) is 4.79 Å². The van der Waals surface area contributed by atoms with E-state index in [0.29, 0.717) is 6.54 Å². The normalized spacial score (nSPS) is 29.2. The van der Waals surface area contributed by atoms with Crippen LogP contribution in [0.3, 0.4) is 0 Å². The summed E-state index contributed by atoms with van der Waals surface area (Å²) in [6.07, 6.45) is 5.11. The van der Waals surface area contributed by atoms with Crippen LogP contribution in [0.25, 0.3) is 0 Å². The van der Waals surface area contributed by atoms with Gasteiger partial charge in [0.2, 0.25) is 5.91 Å². The van der Waals surface area contributed by atoms with E-state index in [-0.39, 0.29) is 18.5 Å². The lowest BCUT2D eigenvalue weighted by atomic mass is 9.88. The van der Waals surface area contributed by atoms with Gasteiger partial charge in [-0.15, -0.1) is 0 Å². The second-order valence-corrected chi connectivity index (χ2v) is 6.09. The van der Waals surface area contributed by atoms with Gasteiger partial charge in [-0.3, -0.25) is 9.69 Å². The summed E-state index contributed by atoms with van der Waals surface area (Å²) in [7, 11) is 0. The summed E-state index contributed by atoms with van der Waals surface area (Å²) < 4.78 is 0. The highest BCUT2D eigenvalue weighted by molar-refractivity contribution is 6.01. The van der Waals surface area contributed by atoms with E-state index in [1.807, 2.05) is 0 Å². The van der Waals surface area contributed by atoms with E-state index < -0.39 is 0 Å². The van der Waals surface area contributed by atoms with E-state index >= 15 is 0 Å². The third-order valence-electron chi connectivity index (χ3n) is 4.88. The monoisotopic (exact) mass is 280 g/mol. The Morgan fingerprint density at radius 1 is 1.10 bits per heavy atom. The lowest BCUT2D eigenvalue weighted by Crippen LogP contribution is -2.44. The molecule has 3 aliphatic heterocycles. The van der Waals surface area contributed by atoms with Crippen LogP contribution in [0, 0.1) is 5.92 Å². The summed E-state index contributed by atoms with van der Waals surface area (Å²) in [5, 5.41) is 6.17. The molecule has 2 N–H and O–H groups in total. The number of imide groups is 1. The largest absolute Gasteiger partial charge is 0.329 e. The average Bonchev–Trinajstić information content (AvgIpc) is 3.09. The molecule has 20 heavy (non-hydrogen) atoms. The molecule has 0 aliphatic carbocycles. The molecule has 3 amide bonds. The number of hydrogen-bond donors (Lipinski definition) is 2. The Bertz CT molecular complexity index is 357. The molecule has 0 aromatic carbocycles. The van der Waals surface area contributed by atoms with E-state index in [2.05, 4.69) is 15.5 Å². The minimum Gasteiger partial charge on any atom is -0.329 e. The van der Waals surface area contributed by atoms with Gasteiger partial charge >= 0.3 is 6.03 Å². The molecule has 1 unspecified atom stereocenters. The summed E-state index contributed by atoms with van der Waals surface area (Å²) >= 11 is 0. The van der Waals surface area contributed by atoms with Crippen LogP contribution in [0.2, 0.25) is 0 Å². The fourth-order valence-corrected chi connectivity index (χ4v) is 3.62. The van der Waals surface area contributed by atoms with Crippen molar-refractivity contribution in [3.8, 4) is 0 Å². The molecule has 6 nitrogen and oxygen atoms in total. The van der Waals surface area contributed by atoms with Crippen molar-refractivity contribution in [1.29, 1.82) is 0 Å². The highest BCUT2D eigenvalue weighted by atomic mass is 16.2. The molecule has 0 aromatic heterocycles. The standard InChI is InChI=1S/C14H24N4O2/c19-13-10-16-14(20)18(13)9-8-17-6-3-11(4-7-17)12-2-1-5-15-12/h11-12,15H,1-10H2,(H,16,20). The number of urea groups is 1. The van der Waals surface area contributed by atoms with Crippen molar-refractivity contribution in [2.75, 3.05) is 39.3 Å². The van der Waals surface area contributed by atoms with Crippen molar-refractivity contribution in [3.05, 3.63) is 0 Å². The number of rotatable bonds is 4. The molecule has 3 heterocycles. The van der Waals surface area contributed by atoms with E-state index in [4.69, 9.17) is 0 Å². The third-order valence-corrected chi connectivity index (χ3v) is 4.88. The smallest absolute Gasteiger partial charge is 0.324 e. The van der Waals surface area contributed by atoms with E-state index in [1.165, 1.54) is 37.1 Å². The molecule has 3 saturated heterocycles. The molecule has 1 atom stereocenters. The maximum atomic E-state index is 11.5. The van der Waals surface area contributed by atoms with Crippen molar-refractivity contribution in [2.24, 2.45) is 5.92 Å². The zero-order valence-corrected chi connectivity index (χ0v) is 11.9. The van der Waals surface area contributed by atoms with Gasteiger partial charge in [0, 0.05) is 19.1 Å². The summed E-state index contributed by atoms with van der Waals surface area (Å²) in [6, 6.07) is 0.489. The van der Waals surface area contributed by atoms with Crippen molar-refractivity contribution in [2.45, 2.75) is 31.7 Å². The molecule has 3 aliphatic rings. The first-order chi connectivity index (χ1) is 9.74. The van der Waals surface area contributed by atoms with Gasteiger partial charge in [-0.05, 0) is 51.2 Å². The van der Waals surface area contributed by atoms with Crippen LogP contribution < -0.4 is 10.6 Å². The second kappa shape index (κ2) is 6.10. The second-order valence-electron chi connectivity index (χ2n) is 6.09. The molecule has 0 spiro atoms. The number of carbonyl (C=O) groups excluding carboxylic acids is 2. The molecule has 6 heteroatoms. The van der Waals surface area contributed by atoms with Gasteiger partial charge in [0.25, 0.3) is 0 Å². The van der Waals surface area contributed by atoms with Crippen LogP contribution >= 0.6 is 0 Å². The van der Waals surface area contributed by atoms with Gasteiger partial charge in [0.15, 0.2) is 0 Å². The summed E-state index contributed by atoms with van der Waals surface area (Å²) in [4.78, 5) is 26.7. The number of nitrogens with one attached hydrogen (secondary N) is 2. The van der Waals surface area contributed by atoms with Crippen LogP contribution in [0.5, 0.6) is 0 Å². The number of carbonyl (C=O) groups is 2. The minimum absolute atomic E-state index is 0.0972. The van der Waals surface area contributed by atoms with Gasteiger partial charge in [-0.1, -0.05) is 0 Å². The molecular formula is C14H24N4O2. The first kappa shape index (κ1) is 13.8. The van der Waals surface area contributed by atoms with Gasteiger partial charge in [-0.25, -0.2) is 4.79 Å². The Morgan fingerprint density at radius 2 is 1.90 bits per heavy atom. The SMILES string of the molecule is O=C1CNC(=O)N1CCN1CCC(C2CCCN2)CC1. The topological polar surface area (TPSA) is 64.7 Å². The maximum absolute atomic E-state index is 11.5. The predicted molar refractivity (Wildman–Crippen MR) is 75.3 cm³/mol. The zero-order valence-electron chi connectivity index (χ0n) is 11.9. The van der Waals surface area contributed by atoms with Crippen molar-refractivity contribution in [1.82, 2.24) is 20.4 Å². The number of nitrogens with zero attached hydrogens (tertiary/aromatic N) is 2. The molecular weight excluding hydrogens is 256 g/mol. The zero-order chi connectivity index (χ0) is 13.9. The molecule has 3 rings (SSSR count). The summed E-state index contributed by atoms with van der Waals surface area (Å²) in [5.41, 5.74) is 0. The van der Waals surface area contributed by atoms with Crippen LogP contribution in [-0.4, -0.2) is 67.0 Å². The van der Waals surface area contributed by atoms with Gasteiger partial charge < -0.3 is 15.5 Å². The van der Waals surface area contributed by atoms with Gasteiger partial charge in [0.05, 0.1) is 6.54 Å². The summed E-state index contributed by atoms with van der Waals surface area (Å²) in [5.74, 6) is 0.713. The number of likely N-dealkylation sites (tertiary alicyclic amines) is 1. The molecule has 0 aromatic rings. The van der Waals surface area contributed by atoms with Crippen LogP contribution in [0.15, 0.2) is 0 Å². The highest BCUT2D eigenvalue weighted by Crippen LogP contribution is 2.25. The predicted octanol–water partition coefficient (Wildman–Crippen LogP) is 0.00220. The fourth-order valence-electron chi connectivity index (χ4n) is 3.62. The van der Waals surface area contributed by atoms with Crippen molar-refractivity contribution >= 4 is 11.9 Å². The highest BCUT2D eigenvalue weighted by Gasteiger charge is 2.31. The Labute approximate surface area is 119 Å². The number of amides is 3. The maximum Gasteiger partial charge on any atom is 0.324 e. The average molecular weight is 280 g/mol. The first-order valence-corrected chi connectivity index (χ1v) is 7.78. The van der Waals surface area contributed by atoms with Gasteiger partial charge in [0.1, 0.15) is 0 Å². The minimum atomic E-state index is -0.236. The van der Waals surface area contributed by atoms with Crippen LogP contribution in [0.1, 0.15) is 25.7 Å². The molecule has 3 fully saturated rings. The third kappa shape index (κ3) is 2.96. The Hall–Kier alpha value is -1.14. The number of hydrogen-bond acceptors (Lipinski definition) is 4. The Kier molecular flexibility index (Phi) is 4.21. The lowest BCUT2D eigenvalue weighted by Gasteiger charge is -2.35. The fraction of sp³-hybridized carbons (Fsp3) is 0.857. The summed E-state index contributed by atoms with van der Waals surface area (Å²) in [6.45, 7) is 4.85. The molecule has 112 valence electrons. The van der Waals surface area contributed by atoms with Crippen molar-refractivity contribution in [3.63, 3.8) is 0 Å². The van der Waals surface area contributed by atoms with E-state index in [0.717, 1.165) is 31.6 Å². The Morgan fingerprint density at radius 3 is 2.50 bits per heavy atom. The Balaban J connectivity index is 1.40. The van der Waals surface area contributed by atoms with Crippen molar-refractivity contribution < 1.29 is 9.59 Å².